The predicted molar refractivity (Wildman–Crippen MR) is 103 cm³/mol. The number of hydrogen-bond acceptors (Lipinski definition) is 4. The molecule has 2 rings (SSSR count). The lowest BCUT2D eigenvalue weighted by Crippen LogP contribution is -2.37. The molecule has 0 aliphatic carbocycles. The molecular weight excluding hydrogens is 487 g/mol. The van der Waals surface area contributed by atoms with Crippen molar-refractivity contribution in [3.63, 3.8) is 0 Å². The van der Waals surface area contributed by atoms with Gasteiger partial charge in [0.15, 0.2) is 23.2 Å². The maximum absolute atomic E-state index is 13.3. The third-order valence-corrected chi connectivity index (χ3v) is 4.08. The molecule has 5 nitrogen and oxygen atoms in total. The van der Waals surface area contributed by atoms with Crippen LogP contribution in [-0.2, 0) is 19.1 Å². The smallest absolute Gasteiger partial charge is 0.434 e. The van der Waals surface area contributed by atoms with E-state index in [0.717, 1.165) is 16.7 Å². The molecule has 0 atom stereocenters. The Morgan fingerprint density at radius 3 is 2.62 bits per heavy atom. The molecule has 1 heterocycles. The monoisotopic (exact) mass is 504 g/mol. The second-order valence-electron chi connectivity index (χ2n) is 5.01. The summed E-state index contributed by atoms with van der Waals surface area (Å²) in [5.74, 6) is -0.722. The van der Waals surface area contributed by atoms with E-state index in [1.165, 1.54) is 19.2 Å². The largest absolute Gasteiger partial charge is 0.505 e. The molecule has 0 saturated carbocycles. The molecule has 1 aromatic heterocycles. The molecule has 0 bridgehead atoms. The zero-order chi connectivity index (χ0) is 18.4. The van der Waals surface area contributed by atoms with Crippen molar-refractivity contribution in [1.29, 1.82) is 0 Å². The molecule has 0 aliphatic rings. The molecule has 3 N–H and O–H groups in total. The number of aliphatic imine (C=N–C) groups is 1. The minimum Gasteiger partial charge on any atom is -0.505 e. The summed E-state index contributed by atoms with van der Waals surface area (Å²) in [6.45, 7) is 0.612. The quantitative estimate of drug-likeness (QED) is 0.252. The van der Waals surface area contributed by atoms with Crippen LogP contribution in [0.5, 0.6) is 5.75 Å². The van der Waals surface area contributed by atoms with Gasteiger partial charge < -0.3 is 15.7 Å². The van der Waals surface area contributed by atoms with Gasteiger partial charge in [-0.05, 0) is 17.7 Å². The summed E-state index contributed by atoms with van der Waals surface area (Å²) < 4.78 is 50.7. The van der Waals surface area contributed by atoms with Crippen molar-refractivity contribution < 1.29 is 22.7 Å². The van der Waals surface area contributed by atoms with Crippen molar-refractivity contribution >= 4 is 41.3 Å². The van der Waals surface area contributed by atoms with E-state index in [-0.39, 0.29) is 30.5 Å². The number of aromatic nitrogens is 1. The van der Waals surface area contributed by atoms with Crippen LogP contribution in [0, 0.1) is 5.82 Å². The van der Waals surface area contributed by atoms with Gasteiger partial charge in [0.1, 0.15) is 0 Å². The molecule has 144 valence electrons. The number of nitrogens with one attached hydrogen (secondary N) is 2. The number of hydrogen-bond donors (Lipinski definition) is 3. The molecule has 26 heavy (non-hydrogen) atoms. The fraction of sp³-hybridized carbons (Fsp3) is 0.333. The van der Waals surface area contributed by atoms with E-state index in [1.807, 2.05) is 0 Å². The summed E-state index contributed by atoms with van der Waals surface area (Å²) in [5.41, 5.74) is -0.280. The van der Waals surface area contributed by atoms with Crippen molar-refractivity contribution in [2.24, 2.45) is 4.99 Å². The third-order valence-electron chi connectivity index (χ3n) is 3.17. The number of guanidine groups is 1. The Hall–Kier alpha value is -1.63. The number of nitrogens with zero attached hydrogens (tertiary/aromatic N) is 2. The highest BCUT2D eigenvalue weighted by Crippen LogP contribution is 2.29. The van der Waals surface area contributed by atoms with Gasteiger partial charge in [0.05, 0.1) is 5.01 Å². The highest BCUT2D eigenvalue weighted by atomic mass is 127. The maximum atomic E-state index is 13.3. The molecule has 11 heteroatoms. The average Bonchev–Trinajstić information content (AvgIpc) is 3.03. The second kappa shape index (κ2) is 9.90. The van der Waals surface area contributed by atoms with Gasteiger partial charge in [-0.2, -0.15) is 13.2 Å². The molecule has 0 unspecified atom stereocenters. The number of halogens is 5. The first-order chi connectivity index (χ1) is 11.8. The van der Waals surface area contributed by atoms with Gasteiger partial charge in [-0.15, -0.1) is 35.3 Å². The van der Waals surface area contributed by atoms with Gasteiger partial charge in [-0.1, -0.05) is 6.07 Å². The SMILES string of the molecule is CN=C(NCCc1nc(C(F)(F)F)cs1)NCc1ccc(O)c(F)c1.I. The van der Waals surface area contributed by atoms with Gasteiger partial charge >= 0.3 is 6.18 Å². The van der Waals surface area contributed by atoms with Crippen LogP contribution in [0.15, 0.2) is 28.6 Å². The number of thiazole rings is 1. The molecule has 0 radical (unpaired) electrons. The molecule has 0 amide bonds. The van der Waals surface area contributed by atoms with E-state index in [2.05, 4.69) is 20.6 Å². The minimum absolute atomic E-state index is 0. The zero-order valence-electron chi connectivity index (χ0n) is 13.6. The molecule has 0 aliphatic heterocycles. The Labute approximate surface area is 168 Å². The highest BCUT2D eigenvalue weighted by molar-refractivity contribution is 14.0. The molecular formula is C15H17F4IN4OS. The van der Waals surface area contributed by atoms with Crippen molar-refractivity contribution in [3.8, 4) is 5.75 Å². The number of phenols is 1. The number of aromatic hydroxyl groups is 1. The Morgan fingerprint density at radius 1 is 1.31 bits per heavy atom. The van der Waals surface area contributed by atoms with Crippen LogP contribution in [0.25, 0.3) is 0 Å². The van der Waals surface area contributed by atoms with Crippen molar-refractivity contribution in [2.45, 2.75) is 19.1 Å². The van der Waals surface area contributed by atoms with E-state index < -0.39 is 23.4 Å². The van der Waals surface area contributed by atoms with Gasteiger partial charge in [0, 0.05) is 31.9 Å². The van der Waals surface area contributed by atoms with Crippen molar-refractivity contribution in [1.82, 2.24) is 15.6 Å². The maximum Gasteiger partial charge on any atom is 0.434 e. The van der Waals surface area contributed by atoms with Crippen molar-refractivity contribution in [3.05, 3.63) is 45.7 Å². The average molecular weight is 504 g/mol. The molecule has 0 fully saturated rings. The van der Waals surface area contributed by atoms with Crippen LogP contribution in [0.1, 0.15) is 16.3 Å². The van der Waals surface area contributed by atoms with Crippen LogP contribution in [0.3, 0.4) is 0 Å². The van der Waals surface area contributed by atoms with Crippen LogP contribution in [-0.4, -0.2) is 29.6 Å². The summed E-state index contributed by atoms with van der Waals surface area (Å²) in [7, 11) is 1.54. The summed E-state index contributed by atoms with van der Waals surface area (Å²) in [5, 5.41) is 16.4. The Morgan fingerprint density at radius 2 is 2.04 bits per heavy atom. The first kappa shape index (κ1) is 22.4. The third kappa shape index (κ3) is 6.59. The standard InChI is InChI=1S/C15H16F4N4OS.HI/c1-20-14(22-7-9-2-3-11(24)10(16)6-9)21-5-4-13-23-12(8-25-13)15(17,18)19;/h2-3,6,8,24H,4-5,7H2,1H3,(H2,20,21,22);1H. The lowest BCUT2D eigenvalue weighted by atomic mass is 10.2. The van der Waals surface area contributed by atoms with Crippen LogP contribution in [0.2, 0.25) is 0 Å². The normalized spacial score (nSPS) is 11.8. The van der Waals surface area contributed by atoms with E-state index in [1.54, 1.807) is 6.07 Å². The second-order valence-corrected chi connectivity index (χ2v) is 5.96. The molecule has 2 aromatic rings. The van der Waals surface area contributed by atoms with Crippen molar-refractivity contribution in [2.75, 3.05) is 13.6 Å². The molecule has 0 saturated heterocycles. The number of rotatable bonds is 5. The molecule has 0 spiro atoms. The van der Waals surface area contributed by atoms with Gasteiger partial charge in [0.25, 0.3) is 0 Å². The minimum atomic E-state index is -4.43. The van der Waals surface area contributed by atoms with Crippen LogP contribution < -0.4 is 10.6 Å². The Bertz CT molecular complexity index is 751. The van der Waals surface area contributed by atoms with Gasteiger partial charge in [-0.25, -0.2) is 9.37 Å². The summed E-state index contributed by atoms with van der Waals surface area (Å²) in [6, 6.07) is 4.01. The van der Waals surface area contributed by atoms with Crippen LogP contribution in [0.4, 0.5) is 17.6 Å². The van der Waals surface area contributed by atoms with E-state index in [4.69, 9.17) is 5.11 Å². The van der Waals surface area contributed by atoms with E-state index in [9.17, 15) is 17.6 Å². The van der Waals surface area contributed by atoms with E-state index in [0.29, 0.717) is 29.5 Å². The highest BCUT2D eigenvalue weighted by Gasteiger charge is 2.33. The van der Waals surface area contributed by atoms with Crippen LogP contribution >= 0.6 is 35.3 Å². The number of benzene rings is 1. The van der Waals surface area contributed by atoms with Gasteiger partial charge in [0.2, 0.25) is 0 Å². The summed E-state index contributed by atoms with van der Waals surface area (Å²) in [6.07, 6.45) is -4.12. The first-order valence-corrected chi connectivity index (χ1v) is 8.11. The topological polar surface area (TPSA) is 69.5 Å². The van der Waals surface area contributed by atoms with E-state index >= 15 is 0 Å². The lowest BCUT2D eigenvalue weighted by molar-refractivity contribution is -0.140. The first-order valence-electron chi connectivity index (χ1n) is 7.23. The number of alkyl halides is 3. The fourth-order valence-corrected chi connectivity index (χ4v) is 2.72. The zero-order valence-corrected chi connectivity index (χ0v) is 16.7. The Balaban J connectivity index is 0.00000338. The molecule has 1 aromatic carbocycles. The lowest BCUT2D eigenvalue weighted by Gasteiger charge is -2.11. The summed E-state index contributed by atoms with van der Waals surface area (Å²) in [4.78, 5) is 7.52. The number of phenolic OH excluding ortho intramolecular Hbond substituents is 1. The fourth-order valence-electron chi connectivity index (χ4n) is 1.91. The Kier molecular flexibility index (Phi) is 8.53. The van der Waals surface area contributed by atoms with Gasteiger partial charge in [-0.3, -0.25) is 4.99 Å². The predicted octanol–water partition coefficient (Wildman–Crippen LogP) is 3.53. The summed E-state index contributed by atoms with van der Waals surface area (Å²) >= 11 is 0.952.